The first-order valence-corrected chi connectivity index (χ1v) is 15.7. The normalized spacial score (nSPS) is 23.7. The minimum atomic E-state index is -0.814. The average Bonchev–Trinajstić information content (AvgIpc) is 3.52. The van der Waals surface area contributed by atoms with E-state index in [0.717, 1.165) is 77.5 Å². The van der Waals surface area contributed by atoms with Gasteiger partial charge in [-0.25, -0.2) is 4.39 Å². The van der Waals surface area contributed by atoms with Gasteiger partial charge in [0.15, 0.2) is 0 Å². The molecule has 3 aromatic rings. The van der Waals surface area contributed by atoms with Gasteiger partial charge in [-0.15, -0.1) is 0 Å². The minimum absolute atomic E-state index is 0.0228. The van der Waals surface area contributed by atoms with Gasteiger partial charge in [-0.1, -0.05) is 42.4 Å². The van der Waals surface area contributed by atoms with E-state index >= 15 is 0 Å². The van der Waals surface area contributed by atoms with Crippen LogP contribution in [0.4, 0.5) is 15.9 Å². The first kappa shape index (κ1) is 28.3. The van der Waals surface area contributed by atoms with Crippen molar-refractivity contribution in [1.29, 1.82) is 0 Å². The molecule has 0 saturated carbocycles. The van der Waals surface area contributed by atoms with E-state index in [4.69, 9.17) is 26.3 Å². The number of nitrogens with zero attached hydrogens (tertiary/aromatic N) is 6. The van der Waals surface area contributed by atoms with Crippen molar-refractivity contribution in [2.24, 2.45) is 5.92 Å². The lowest BCUT2D eigenvalue weighted by atomic mass is 9.95. The summed E-state index contributed by atoms with van der Waals surface area (Å²) >= 11 is 6.70. The maximum Gasteiger partial charge on any atom is 0.318 e. The van der Waals surface area contributed by atoms with Crippen molar-refractivity contribution in [2.75, 3.05) is 62.7 Å². The number of hydrogen-bond acceptors (Lipinski definition) is 7. The Hall–Kier alpha value is -3.43. The van der Waals surface area contributed by atoms with E-state index in [1.807, 2.05) is 17.0 Å². The van der Waals surface area contributed by atoms with Crippen molar-refractivity contribution in [3.63, 3.8) is 0 Å². The van der Waals surface area contributed by atoms with E-state index in [2.05, 4.69) is 52.6 Å². The predicted octanol–water partition coefficient (Wildman–Crippen LogP) is 4.88. The van der Waals surface area contributed by atoms with Gasteiger partial charge in [0, 0.05) is 68.7 Å². The Labute approximate surface area is 257 Å². The number of ether oxygens (including phenoxy) is 1. The number of halogens is 2. The van der Waals surface area contributed by atoms with Gasteiger partial charge in [-0.2, -0.15) is 9.97 Å². The van der Waals surface area contributed by atoms with Crippen molar-refractivity contribution in [2.45, 2.75) is 43.9 Å². The van der Waals surface area contributed by atoms with Gasteiger partial charge in [0.25, 0.3) is 0 Å². The zero-order chi connectivity index (χ0) is 29.7. The molecule has 1 aromatic heterocycles. The number of hydrogen-bond donors (Lipinski definition) is 0. The fraction of sp³-hybridized carbons (Fsp3) is 0.485. The van der Waals surface area contributed by atoms with E-state index in [1.54, 1.807) is 0 Å². The number of anilines is 2. The Morgan fingerprint density at radius 3 is 2.84 bits per heavy atom. The molecule has 7 rings (SSSR count). The summed E-state index contributed by atoms with van der Waals surface area (Å²) in [5.74, 6) is 1.21. The van der Waals surface area contributed by atoms with Crippen LogP contribution in [-0.2, 0) is 17.8 Å². The summed E-state index contributed by atoms with van der Waals surface area (Å²) in [4.78, 5) is 30.5. The van der Waals surface area contributed by atoms with E-state index < -0.39 is 6.17 Å². The first-order valence-electron chi connectivity index (χ1n) is 15.3. The lowest BCUT2D eigenvalue weighted by Gasteiger charge is -2.41. The number of likely N-dealkylation sites (tertiary alicyclic amines) is 1. The molecule has 8 nitrogen and oxygen atoms in total. The van der Waals surface area contributed by atoms with Crippen molar-refractivity contribution < 1.29 is 13.9 Å². The SMILES string of the molecule is C=CC(=O)N1CC(CN(C)c2nc(OC[C@]34CCCN3C[C@@H](F)C4)nc3c2CCN(c2cccc4cccc(Cl)c24)C3)C1. The van der Waals surface area contributed by atoms with Gasteiger partial charge < -0.3 is 19.4 Å². The molecule has 226 valence electrons. The fourth-order valence-corrected chi connectivity index (χ4v) is 7.91. The summed E-state index contributed by atoms with van der Waals surface area (Å²) in [5, 5.41) is 2.89. The van der Waals surface area contributed by atoms with E-state index in [-0.39, 0.29) is 11.4 Å². The number of amides is 1. The monoisotopic (exact) mass is 604 g/mol. The third-order valence-corrected chi connectivity index (χ3v) is 10.1. The molecule has 43 heavy (non-hydrogen) atoms. The second kappa shape index (κ2) is 11.2. The smallest absolute Gasteiger partial charge is 0.318 e. The molecule has 3 saturated heterocycles. The van der Waals surface area contributed by atoms with Crippen molar-refractivity contribution in [3.05, 3.63) is 65.3 Å². The molecule has 0 bridgehead atoms. The molecule has 5 heterocycles. The standard InChI is InChI=1S/C33H38ClFN6O2/c1-3-29(42)40-17-22(18-40)16-38(2)31-25-11-14-39(28-10-5-8-23-7-4-9-26(34)30(23)28)20-27(25)36-32(37-31)43-21-33-12-6-13-41(33)19-24(35)15-33/h3-5,7-10,22,24H,1,6,11-21H2,2H3/t24-,33+/m0/s1. The molecule has 2 atom stereocenters. The summed E-state index contributed by atoms with van der Waals surface area (Å²) in [6.45, 7) is 9.00. The van der Waals surface area contributed by atoms with Gasteiger partial charge >= 0.3 is 6.01 Å². The molecule has 0 aliphatic carbocycles. The summed E-state index contributed by atoms with van der Waals surface area (Å²) in [5.41, 5.74) is 2.88. The Morgan fingerprint density at radius 2 is 2.02 bits per heavy atom. The fourth-order valence-electron chi connectivity index (χ4n) is 7.63. The van der Waals surface area contributed by atoms with Crippen LogP contribution in [0, 0.1) is 5.92 Å². The second-order valence-corrected chi connectivity index (χ2v) is 13.0. The molecule has 4 aliphatic rings. The topological polar surface area (TPSA) is 65.0 Å². The van der Waals surface area contributed by atoms with Crippen LogP contribution in [0.25, 0.3) is 10.8 Å². The molecule has 10 heteroatoms. The van der Waals surface area contributed by atoms with Crippen LogP contribution in [0.1, 0.15) is 30.5 Å². The predicted molar refractivity (Wildman–Crippen MR) is 168 cm³/mol. The van der Waals surface area contributed by atoms with Gasteiger partial charge in [0.05, 0.1) is 22.8 Å². The highest BCUT2D eigenvalue weighted by atomic mass is 35.5. The van der Waals surface area contributed by atoms with Crippen molar-refractivity contribution >= 4 is 39.8 Å². The number of carbonyl (C=O) groups is 1. The third kappa shape index (κ3) is 5.20. The zero-order valence-electron chi connectivity index (χ0n) is 24.6. The van der Waals surface area contributed by atoms with Crippen LogP contribution in [0.5, 0.6) is 6.01 Å². The Kier molecular flexibility index (Phi) is 7.42. The van der Waals surface area contributed by atoms with Gasteiger partial charge in [-0.3, -0.25) is 9.69 Å². The second-order valence-electron chi connectivity index (χ2n) is 12.6. The Bertz CT molecular complexity index is 1560. The van der Waals surface area contributed by atoms with Crippen LogP contribution >= 0.6 is 11.6 Å². The highest BCUT2D eigenvalue weighted by molar-refractivity contribution is 6.36. The van der Waals surface area contributed by atoms with E-state index in [0.29, 0.717) is 51.1 Å². The number of rotatable bonds is 8. The van der Waals surface area contributed by atoms with Crippen molar-refractivity contribution in [1.82, 2.24) is 19.8 Å². The third-order valence-electron chi connectivity index (χ3n) is 9.76. The maximum absolute atomic E-state index is 14.4. The van der Waals surface area contributed by atoms with Crippen LogP contribution in [0.15, 0.2) is 49.1 Å². The number of alkyl halides is 1. The van der Waals surface area contributed by atoms with E-state index in [1.165, 1.54) is 6.08 Å². The Balaban J connectivity index is 1.18. The molecular weight excluding hydrogens is 567 g/mol. The molecule has 0 N–H and O–H groups in total. The summed E-state index contributed by atoms with van der Waals surface area (Å²) in [6.07, 6.45) is 3.84. The minimum Gasteiger partial charge on any atom is -0.461 e. The quantitative estimate of drug-likeness (QED) is 0.340. The lowest BCUT2D eigenvalue weighted by molar-refractivity contribution is -0.131. The number of benzene rings is 2. The number of fused-ring (bicyclic) bond motifs is 3. The van der Waals surface area contributed by atoms with Crippen LogP contribution in [0.3, 0.4) is 0 Å². The lowest BCUT2D eigenvalue weighted by Crippen LogP contribution is -2.53. The largest absolute Gasteiger partial charge is 0.461 e. The molecule has 0 radical (unpaired) electrons. The van der Waals surface area contributed by atoms with E-state index in [9.17, 15) is 9.18 Å². The van der Waals surface area contributed by atoms with Gasteiger partial charge in [-0.05, 0) is 49.4 Å². The molecule has 3 fully saturated rings. The molecule has 0 spiro atoms. The van der Waals surface area contributed by atoms with Crippen LogP contribution < -0.4 is 14.5 Å². The molecular formula is C33H38ClFN6O2. The first-order chi connectivity index (χ1) is 20.8. The number of aromatic nitrogens is 2. The summed E-state index contributed by atoms with van der Waals surface area (Å²) in [7, 11) is 2.06. The number of carbonyl (C=O) groups excluding carboxylic acids is 1. The molecule has 4 aliphatic heterocycles. The van der Waals surface area contributed by atoms with Gasteiger partial charge in [0.2, 0.25) is 5.91 Å². The molecule has 2 aromatic carbocycles. The molecule has 1 amide bonds. The highest BCUT2D eigenvalue weighted by Gasteiger charge is 2.49. The van der Waals surface area contributed by atoms with Crippen LogP contribution in [0.2, 0.25) is 5.02 Å². The van der Waals surface area contributed by atoms with Crippen molar-refractivity contribution in [3.8, 4) is 6.01 Å². The zero-order valence-corrected chi connectivity index (χ0v) is 25.4. The highest BCUT2D eigenvalue weighted by Crippen LogP contribution is 2.41. The maximum atomic E-state index is 14.4. The Morgan fingerprint density at radius 1 is 1.21 bits per heavy atom. The average molecular weight is 605 g/mol. The molecule has 0 unspecified atom stereocenters. The van der Waals surface area contributed by atoms with Gasteiger partial charge in [0.1, 0.15) is 18.6 Å². The summed E-state index contributed by atoms with van der Waals surface area (Å²) < 4.78 is 20.8. The van der Waals surface area contributed by atoms with Crippen LogP contribution in [-0.4, -0.2) is 90.3 Å². The summed E-state index contributed by atoms with van der Waals surface area (Å²) in [6, 6.07) is 12.6.